The summed E-state index contributed by atoms with van der Waals surface area (Å²) < 4.78 is 1.71. The molecule has 0 spiro atoms. The minimum absolute atomic E-state index is 0.399. The number of aromatic nitrogens is 3. The van der Waals surface area contributed by atoms with Gasteiger partial charge in [-0.25, -0.2) is 9.67 Å². The number of rotatable bonds is 3. The molecule has 0 bridgehead atoms. The van der Waals surface area contributed by atoms with Crippen molar-refractivity contribution >= 4 is 6.29 Å². The maximum atomic E-state index is 10.5. The summed E-state index contributed by atoms with van der Waals surface area (Å²) in [6.07, 6.45) is 4.19. The maximum Gasteiger partial charge on any atom is 0.153 e. The van der Waals surface area contributed by atoms with Gasteiger partial charge < -0.3 is 0 Å². The van der Waals surface area contributed by atoms with E-state index in [1.807, 2.05) is 12.3 Å². The van der Waals surface area contributed by atoms with Gasteiger partial charge in [0.2, 0.25) is 0 Å². The molecule has 4 heteroatoms. The molecule has 4 nitrogen and oxygen atoms in total. The van der Waals surface area contributed by atoms with Gasteiger partial charge in [0.1, 0.15) is 0 Å². The first-order chi connectivity index (χ1) is 7.70. The van der Waals surface area contributed by atoms with Crippen molar-refractivity contribution in [3.8, 4) is 5.82 Å². The number of carbonyl (C=O) groups excluding carboxylic acids is 1. The van der Waals surface area contributed by atoms with Gasteiger partial charge in [-0.1, -0.05) is 13.8 Å². The van der Waals surface area contributed by atoms with Crippen LogP contribution >= 0.6 is 0 Å². The van der Waals surface area contributed by atoms with Crippen LogP contribution in [0.4, 0.5) is 0 Å². The Morgan fingerprint density at radius 1 is 1.31 bits per heavy atom. The molecule has 2 aromatic heterocycles. The van der Waals surface area contributed by atoms with E-state index >= 15 is 0 Å². The predicted octanol–water partition coefficient (Wildman–Crippen LogP) is 2.20. The van der Waals surface area contributed by atoms with E-state index < -0.39 is 0 Å². The fraction of sp³-hybridized carbons (Fsp3) is 0.250. The Morgan fingerprint density at radius 3 is 2.62 bits per heavy atom. The van der Waals surface area contributed by atoms with Gasteiger partial charge in [0.05, 0.1) is 5.69 Å². The van der Waals surface area contributed by atoms with Crippen molar-refractivity contribution < 1.29 is 4.79 Å². The lowest BCUT2D eigenvalue weighted by Crippen LogP contribution is -2.00. The van der Waals surface area contributed by atoms with E-state index in [1.165, 1.54) is 0 Å². The molecule has 2 heterocycles. The standard InChI is InChI=1S/C12H13N3O/c1-9(2)11-5-6-15(14-11)12-4-3-10(8-16)7-13-12/h3-9H,1-2H3. The zero-order valence-corrected chi connectivity index (χ0v) is 9.29. The number of carbonyl (C=O) groups is 1. The van der Waals surface area contributed by atoms with Crippen molar-refractivity contribution in [3.63, 3.8) is 0 Å². The molecule has 0 aliphatic heterocycles. The van der Waals surface area contributed by atoms with E-state index in [4.69, 9.17) is 0 Å². The van der Waals surface area contributed by atoms with Crippen molar-refractivity contribution in [2.75, 3.05) is 0 Å². The Labute approximate surface area is 93.9 Å². The molecule has 0 saturated carbocycles. The Morgan fingerprint density at radius 2 is 2.12 bits per heavy atom. The Balaban J connectivity index is 2.31. The molecular weight excluding hydrogens is 202 g/mol. The van der Waals surface area contributed by atoms with E-state index in [-0.39, 0.29) is 0 Å². The van der Waals surface area contributed by atoms with Gasteiger partial charge in [0.25, 0.3) is 0 Å². The molecule has 16 heavy (non-hydrogen) atoms. The first-order valence-electron chi connectivity index (χ1n) is 5.18. The van der Waals surface area contributed by atoms with E-state index in [1.54, 1.807) is 23.0 Å². The molecule has 0 amide bonds. The SMILES string of the molecule is CC(C)c1ccn(-c2ccc(C=O)cn2)n1. The van der Waals surface area contributed by atoms with Crippen molar-refractivity contribution in [2.24, 2.45) is 0 Å². The van der Waals surface area contributed by atoms with Gasteiger partial charge in [0.15, 0.2) is 12.1 Å². The number of nitrogens with zero attached hydrogens (tertiary/aromatic N) is 3. The molecule has 0 N–H and O–H groups in total. The van der Waals surface area contributed by atoms with Crippen molar-refractivity contribution in [2.45, 2.75) is 19.8 Å². The average molecular weight is 215 g/mol. The molecule has 0 radical (unpaired) electrons. The molecule has 2 aromatic rings. The van der Waals surface area contributed by atoms with Crippen LogP contribution in [-0.2, 0) is 0 Å². The van der Waals surface area contributed by atoms with E-state index in [9.17, 15) is 4.79 Å². The molecule has 82 valence electrons. The second kappa shape index (κ2) is 4.26. The summed E-state index contributed by atoms with van der Waals surface area (Å²) in [5.74, 6) is 1.12. The van der Waals surface area contributed by atoms with Crippen LogP contribution in [-0.4, -0.2) is 21.1 Å². The van der Waals surface area contributed by atoms with E-state index in [0.717, 1.165) is 17.8 Å². The molecule has 0 aromatic carbocycles. The smallest absolute Gasteiger partial charge is 0.153 e. The van der Waals surface area contributed by atoms with Crippen LogP contribution in [0.2, 0.25) is 0 Å². The Bertz CT molecular complexity index is 485. The number of hydrogen-bond donors (Lipinski definition) is 0. The highest BCUT2D eigenvalue weighted by atomic mass is 16.1. The molecule has 2 rings (SSSR count). The monoisotopic (exact) mass is 215 g/mol. The van der Waals surface area contributed by atoms with Crippen LogP contribution in [0.3, 0.4) is 0 Å². The second-order valence-electron chi connectivity index (χ2n) is 3.91. The molecule has 0 unspecified atom stereocenters. The maximum absolute atomic E-state index is 10.5. The highest BCUT2D eigenvalue weighted by Crippen LogP contribution is 2.12. The van der Waals surface area contributed by atoms with Crippen LogP contribution in [0.5, 0.6) is 0 Å². The summed E-state index contributed by atoms with van der Waals surface area (Å²) in [5.41, 5.74) is 1.60. The zero-order chi connectivity index (χ0) is 11.5. The Kier molecular flexibility index (Phi) is 2.81. The number of aldehydes is 1. The average Bonchev–Trinajstić information content (AvgIpc) is 2.78. The molecule has 0 aliphatic carbocycles. The lowest BCUT2D eigenvalue weighted by Gasteiger charge is -2.01. The third-order valence-electron chi connectivity index (χ3n) is 2.34. The van der Waals surface area contributed by atoms with Crippen molar-refractivity contribution in [3.05, 3.63) is 41.9 Å². The summed E-state index contributed by atoms with van der Waals surface area (Å²) >= 11 is 0. The molecule has 0 atom stereocenters. The quantitative estimate of drug-likeness (QED) is 0.737. The van der Waals surface area contributed by atoms with Gasteiger partial charge in [-0.3, -0.25) is 4.79 Å². The lowest BCUT2D eigenvalue weighted by atomic mass is 10.1. The van der Waals surface area contributed by atoms with Crippen LogP contribution in [0, 0.1) is 0 Å². The van der Waals surface area contributed by atoms with E-state index in [2.05, 4.69) is 23.9 Å². The summed E-state index contributed by atoms with van der Waals surface area (Å²) in [6, 6.07) is 5.48. The van der Waals surface area contributed by atoms with E-state index in [0.29, 0.717) is 11.5 Å². The minimum Gasteiger partial charge on any atom is -0.298 e. The second-order valence-corrected chi connectivity index (χ2v) is 3.91. The van der Waals surface area contributed by atoms with Gasteiger partial charge in [-0.15, -0.1) is 0 Å². The van der Waals surface area contributed by atoms with Crippen LogP contribution < -0.4 is 0 Å². The summed E-state index contributed by atoms with van der Waals surface area (Å²) in [5, 5.41) is 4.40. The first kappa shape index (κ1) is 10.5. The minimum atomic E-state index is 0.399. The van der Waals surface area contributed by atoms with Crippen molar-refractivity contribution in [1.82, 2.24) is 14.8 Å². The van der Waals surface area contributed by atoms with Crippen molar-refractivity contribution in [1.29, 1.82) is 0 Å². The third kappa shape index (κ3) is 2.00. The summed E-state index contributed by atoms with van der Waals surface area (Å²) in [4.78, 5) is 14.6. The predicted molar refractivity (Wildman–Crippen MR) is 60.8 cm³/mol. The topological polar surface area (TPSA) is 47.8 Å². The van der Waals surface area contributed by atoms with Crippen LogP contribution in [0.1, 0.15) is 35.8 Å². The molecular formula is C12H13N3O. The van der Waals surface area contributed by atoms with Gasteiger partial charge in [0, 0.05) is 18.0 Å². The largest absolute Gasteiger partial charge is 0.298 e. The molecule has 0 saturated heterocycles. The highest BCUT2D eigenvalue weighted by Gasteiger charge is 2.05. The number of hydrogen-bond acceptors (Lipinski definition) is 3. The summed E-state index contributed by atoms with van der Waals surface area (Å²) in [7, 11) is 0. The Hall–Kier alpha value is -1.97. The fourth-order valence-electron chi connectivity index (χ4n) is 1.38. The fourth-order valence-corrected chi connectivity index (χ4v) is 1.38. The normalized spacial score (nSPS) is 10.7. The zero-order valence-electron chi connectivity index (χ0n) is 9.29. The number of pyridine rings is 1. The van der Waals surface area contributed by atoms with Crippen LogP contribution in [0.15, 0.2) is 30.6 Å². The lowest BCUT2D eigenvalue weighted by molar-refractivity contribution is 0.112. The van der Waals surface area contributed by atoms with Gasteiger partial charge >= 0.3 is 0 Å². The van der Waals surface area contributed by atoms with Gasteiger partial charge in [-0.2, -0.15) is 5.10 Å². The van der Waals surface area contributed by atoms with Crippen LogP contribution in [0.25, 0.3) is 5.82 Å². The summed E-state index contributed by atoms with van der Waals surface area (Å²) in [6.45, 7) is 4.19. The highest BCUT2D eigenvalue weighted by molar-refractivity contribution is 5.74. The molecule has 0 fully saturated rings. The first-order valence-corrected chi connectivity index (χ1v) is 5.18. The third-order valence-corrected chi connectivity index (χ3v) is 2.34. The van der Waals surface area contributed by atoms with Gasteiger partial charge in [-0.05, 0) is 24.1 Å². The molecule has 0 aliphatic rings.